The van der Waals surface area contributed by atoms with Gasteiger partial charge < -0.3 is 10.1 Å². The Morgan fingerprint density at radius 2 is 1.88 bits per heavy atom. The number of benzene rings is 2. The highest BCUT2D eigenvalue weighted by atomic mass is 35.5. The zero-order valence-corrected chi connectivity index (χ0v) is 20.3. The van der Waals surface area contributed by atoms with Crippen LogP contribution in [0.4, 0.5) is 0 Å². The predicted molar refractivity (Wildman–Crippen MR) is 133 cm³/mol. The Kier molecular flexibility index (Phi) is 7.82. The molecule has 1 amide bonds. The van der Waals surface area contributed by atoms with Crippen LogP contribution < -0.4 is 11.0 Å². The molecule has 0 unspecified atom stereocenters. The highest BCUT2D eigenvalue weighted by Gasteiger charge is 2.19. The number of nitrogens with zero attached hydrogens (tertiary/aromatic N) is 4. The molecule has 1 aromatic heterocycles. The van der Waals surface area contributed by atoms with Gasteiger partial charge in [0.1, 0.15) is 6.54 Å². The molecule has 0 radical (unpaired) electrons. The van der Waals surface area contributed by atoms with Crippen molar-refractivity contribution in [3.8, 4) is 17.1 Å². The lowest BCUT2D eigenvalue weighted by Crippen LogP contribution is -2.37. The summed E-state index contributed by atoms with van der Waals surface area (Å²) in [6.45, 7) is 8.09. The second-order valence-corrected chi connectivity index (χ2v) is 9.14. The molecule has 0 bridgehead atoms. The summed E-state index contributed by atoms with van der Waals surface area (Å²) >= 11 is 6.18. The Labute approximate surface area is 204 Å². The topological polar surface area (TPSA) is 81.4 Å². The van der Waals surface area contributed by atoms with Gasteiger partial charge in [0.05, 0.1) is 18.9 Å². The summed E-state index contributed by atoms with van der Waals surface area (Å²) in [5.74, 6) is 0.140. The Balaban J connectivity index is 1.60. The van der Waals surface area contributed by atoms with Crippen molar-refractivity contribution in [1.82, 2.24) is 24.6 Å². The number of carbonyl (C=O) groups is 1. The van der Waals surface area contributed by atoms with Gasteiger partial charge in [0, 0.05) is 36.3 Å². The zero-order chi connectivity index (χ0) is 24.1. The zero-order valence-electron chi connectivity index (χ0n) is 19.5. The van der Waals surface area contributed by atoms with Crippen LogP contribution in [0.25, 0.3) is 17.1 Å². The van der Waals surface area contributed by atoms with Gasteiger partial charge in [-0.1, -0.05) is 35.9 Å². The predicted octanol–water partition coefficient (Wildman–Crippen LogP) is 2.75. The number of ether oxygens (including phenoxy) is 1. The Morgan fingerprint density at radius 3 is 2.56 bits per heavy atom. The van der Waals surface area contributed by atoms with E-state index in [1.165, 1.54) is 14.8 Å². The Bertz CT molecular complexity index is 1180. The number of morpholine rings is 1. The van der Waals surface area contributed by atoms with E-state index in [0.29, 0.717) is 22.1 Å². The fourth-order valence-electron chi connectivity index (χ4n) is 3.98. The average Bonchev–Trinajstić information content (AvgIpc) is 3.14. The Morgan fingerprint density at radius 1 is 1.15 bits per heavy atom. The van der Waals surface area contributed by atoms with E-state index in [-0.39, 0.29) is 24.2 Å². The molecule has 1 N–H and O–H groups in total. The molecule has 3 aromatic rings. The number of amides is 1. The number of halogens is 1. The second kappa shape index (κ2) is 11.0. The summed E-state index contributed by atoms with van der Waals surface area (Å²) in [6.07, 6.45) is 0.923. The quantitative estimate of drug-likeness (QED) is 0.533. The number of rotatable bonds is 8. The van der Waals surface area contributed by atoms with Crippen molar-refractivity contribution in [3.63, 3.8) is 0 Å². The van der Waals surface area contributed by atoms with Crippen molar-refractivity contribution in [2.75, 3.05) is 32.8 Å². The van der Waals surface area contributed by atoms with Crippen LogP contribution in [0.3, 0.4) is 0 Å². The van der Waals surface area contributed by atoms with E-state index in [2.05, 4.69) is 15.3 Å². The highest BCUT2D eigenvalue weighted by Crippen LogP contribution is 2.21. The lowest BCUT2D eigenvalue weighted by atomic mass is 10.1. The summed E-state index contributed by atoms with van der Waals surface area (Å²) in [5.41, 5.74) is 2.12. The smallest absolute Gasteiger partial charge is 0.351 e. The standard InChI is InChI=1S/C25H30ClN5O3/c1-18(2)27-23(32)17-30-24(20-4-3-5-21(26)16-20)28-31(25(30)33)22-8-6-19(7-9-22)10-11-29-12-14-34-15-13-29/h3-9,16,18H,10-15,17H2,1-2H3,(H,27,32). The Hall–Kier alpha value is -2.94. The summed E-state index contributed by atoms with van der Waals surface area (Å²) in [4.78, 5) is 28.2. The van der Waals surface area contributed by atoms with Crippen LogP contribution in [-0.4, -0.2) is 64.0 Å². The molecule has 1 fully saturated rings. The van der Waals surface area contributed by atoms with Crippen molar-refractivity contribution in [2.45, 2.75) is 32.9 Å². The number of carbonyl (C=O) groups excluding carboxylic acids is 1. The summed E-state index contributed by atoms with van der Waals surface area (Å²) in [6, 6.07) is 14.9. The van der Waals surface area contributed by atoms with Crippen LogP contribution in [0.2, 0.25) is 5.02 Å². The number of aromatic nitrogens is 3. The molecule has 1 aliphatic rings. The number of hydrogen-bond acceptors (Lipinski definition) is 5. The maximum absolute atomic E-state index is 13.3. The van der Waals surface area contributed by atoms with E-state index in [0.717, 1.165) is 39.3 Å². The van der Waals surface area contributed by atoms with E-state index in [9.17, 15) is 9.59 Å². The second-order valence-electron chi connectivity index (χ2n) is 8.71. The van der Waals surface area contributed by atoms with Crippen molar-refractivity contribution in [2.24, 2.45) is 0 Å². The molecule has 4 rings (SSSR count). The average molecular weight is 484 g/mol. The van der Waals surface area contributed by atoms with Gasteiger partial charge in [0.25, 0.3) is 0 Å². The van der Waals surface area contributed by atoms with Crippen LogP contribution >= 0.6 is 11.6 Å². The van der Waals surface area contributed by atoms with Crippen LogP contribution in [0.15, 0.2) is 53.3 Å². The van der Waals surface area contributed by atoms with Gasteiger partial charge in [-0.25, -0.2) is 4.79 Å². The SMILES string of the molecule is CC(C)NC(=O)Cn1c(-c2cccc(Cl)c2)nn(-c2ccc(CCN3CCOCC3)cc2)c1=O. The van der Waals surface area contributed by atoms with E-state index in [4.69, 9.17) is 16.3 Å². The van der Waals surface area contributed by atoms with Crippen molar-refractivity contribution < 1.29 is 9.53 Å². The summed E-state index contributed by atoms with van der Waals surface area (Å²) in [7, 11) is 0. The van der Waals surface area contributed by atoms with Crippen molar-refractivity contribution in [3.05, 3.63) is 69.6 Å². The first-order valence-electron chi connectivity index (χ1n) is 11.6. The molecule has 1 aliphatic heterocycles. The third-order valence-electron chi connectivity index (χ3n) is 5.70. The first-order chi connectivity index (χ1) is 16.4. The monoisotopic (exact) mass is 483 g/mol. The molecular weight excluding hydrogens is 454 g/mol. The lowest BCUT2D eigenvalue weighted by molar-refractivity contribution is -0.122. The molecule has 0 spiro atoms. The summed E-state index contributed by atoms with van der Waals surface area (Å²) < 4.78 is 8.13. The number of hydrogen-bond donors (Lipinski definition) is 1. The lowest BCUT2D eigenvalue weighted by Gasteiger charge is -2.26. The van der Waals surface area contributed by atoms with Crippen LogP contribution in [0.1, 0.15) is 19.4 Å². The largest absolute Gasteiger partial charge is 0.379 e. The first kappa shape index (κ1) is 24.2. The molecule has 2 aromatic carbocycles. The minimum Gasteiger partial charge on any atom is -0.379 e. The van der Waals surface area contributed by atoms with Gasteiger partial charge in [0.15, 0.2) is 5.82 Å². The molecule has 0 aliphatic carbocycles. The molecule has 0 saturated carbocycles. The normalized spacial score (nSPS) is 14.5. The maximum atomic E-state index is 13.3. The van der Waals surface area contributed by atoms with Crippen molar-refractivity contribution >= 4 is 17.5 Å². The molecule has 0 atom stereocenters. The van der Waals surface area contributed by atoms with Gasteiger partial charge >= 0.3 is 5.69 Å². The van der Waals surface area contributed by atoms with Crippen LogP contribution in [0.5, 0.6) is 0 Å². The maximum Gasteiger partial charge on any atom is 0.351 e. The van der Waals surface area contributed by atoms with Gasteiger partial charge in [-0.05, 0) is 50.1 Å². The van der Waals surface area contributed by atoms with E-state index in [1.807, 2.05) is 44.2 Å². The van der Waals surface area contributed by atoms with Gasteiger partial charge in [-0.2, -0.15) is 4.68 Å². The van der Waals surface area contributed by atoms with Gasteiger partial charge in [-0.3, -0.25) is 14.3 Å². The summed E-state index contributed by atoms with van der Waals surface area (Å²) in [5, 5.41) is 7.94. The third kappa shape index (κ3) is 5.94. The van der Waals surface area contributed by atoms with E-state index < -0.39 is 0 Å². The van der Waals surface area contributed by atoms with E-state index in [1.54, 1.807) is 18.2 Å². The number of nitrogens with one attached hydrogen (secondary N) is 1. The molecule has 1 saturated heterocycles. The van der Waals surface area contributed by atoms with E-state index >= 15 is 0 Å². The van der Waals surface area contributed by atoms with Gasteiger partial charge in [0.2, 0.25) is 5.91 Å². The molecular formula is C25H30ClN5O3. The third-order valence-corrected chi connectivity index (χ3v) is 5.93. The minimum absolute atomic E-state index is 0.0297. The van der Waals surface area contributed by atoms with Gasteiger partial charge in [-0.15, -0.1) is 5.10 Å². The molecule has 34 heavy (non-hydrogen) atoms. The molecule has 9 heteroatoms. The molecule has 8 nitrogen and oxygen atoms in total. The first-order valence-corrected chi connectivity index (χ1v) is 11.9. The van der Waals surface area contributed by atoms with Crippen LogP contribution in [0, 0.1) is 0 Å². The van der Waals surface area contributed by atoms with Crippen molar-refractivity contribution in [1.29, 1.82) is 0 Å². The fourth-order valence-corrected chi connectivity index (χ4v) is 4.17. The molecule has 2 heterocycles. The van der Waals surface area contributed by atoms with Crippen LogP contribution in [-0.2, 0) is 22.5 Å². The highest BCUT2D eigenvalue weighted by molar-refractivity contribution is 6.30. The fraction of sp³-hybridized carbons (Fsp3) is 0.400. The molecule has 180 valence electrons. The minimum atomic E-state index is -0.380.